The molecule has 0 radical (unpaired) electrons. The fourth-order valence-electron chi connectivity index (χ4n) is 1.71. The van der Waals surface area contributed by atoms with Gasteiger partial charge in [-0.1, -0.05) is 15.9 Å². The Labute approximate surface area is 92.0 Å². The summed E-state index contributed by atoms with van der Waals surface area (Å²) in [5.74, 6) is 0. The molecule has 2 nitrogen and oxygen atoms in total. The first kappa shape index (κ1) is 9.71. The Kier molecular flexibility index (Phi) is 2.35. The second-order valence-electron chi connectivity index (χ2n) is 3.79. The third-order valence-corrected chi connectivity index (χ3v) is 2.89. The number of aryl methyl sites for hydroxylation is 1. The minimum absolute atomic E-state index is 0.418. The number of nitrogens with zero attached hydrogens (tertiary/aromatic N) is 2. The predicted octanol–water partition coefficient (Wildman–Crippen LogP) is 3.69. The van der Waals surface area contributed by atoms with E-state index in [1.165, 1.54) is 11.1 Å². The van der Waals surface area contributed by atoms with Crippen LogP contribution in [0.3, 0.4) is 0 Å². The van der Waals surface area contributed by atoms with Crippen LogP contribution in [-0.4, -0.2) is 9.78 Å². The van der Waals surface area contributed by atoms with Gasteiger partial charge >= 0.3 is 0 Å². The van der Waals surface area contributed by atoms with E-state index in [1.807, 2.05) is 0 Å². The number of rotatable bonds is 1. The quantitative estimate of drug-likeness (QED) is 0.757. The Hall–Kier alpha value is -0.830. The van der Waals surface area contributed by atoms with Crippen molar-refractivity contribution in [2.24, 2.45) is 0 Å². The van der Waals surface area contributed by atoms with Gasteiger partial charge in [-0.25, -0.2) is 0 Å². The van der Waals surface area contributed by atoms with Crippen LogP contribution in [-0.2, 0) is 0 Å². The van der Waals surface area contributed by atoms with E-state index in [9.17, 15) is 0 Å². The predicted molar refractivity (Wildman–Crippen MR) is 62.6 cm³/mol. The smallest absolute Gasteiger partial charge is 0.0937 e. The standard InChI is InChI=1S/C11H13BrN2/c1-7(2)14-8(3)10-5-4-9(12)6-11(10)13-14/h4-7H,1-3H3. The van der Waals surface area contributed by atoms with Gasteiger partial charge in [-0.3, -0.25) is 4.68 Å². The molecular weight excluding hydrogens is 240 g/mol. The fourth-order valence-corrected chi connectivity index (χ4v) is 2.06. The van der Waals surface area contributed by atoms with Crippen LogP contribution >= 0.6 is 15.9 Å². The van der Waals surface area contributed by atoms with Gasteiger partial charge in [-0.15, -0.1) is 0 Å². The molecule has 0 atom stereocenters. The summed E-state index contributed by atoms with van der Waals surface area (Å²) in [6, 6.07) is 6.64. The van der Waals surface area contributed by atoms with Crippen LogP contribution in [0.15, 0.2) is 22.7 Å². The van der Waals surface area contributed by atoms with Crippen molar-refractivity contribution in [3.8, 4) is 0 Å². The molecule has 0 aliphatic rings. The van der Waals surface area contributed by atoms with Crippen LogP contribution in [0.5, 0.6) is 0 Å². The number of fused-ring (bicyclic) bond motifs is 1. The first-order valence-electron chi connectivity index (χ1n) is 4.74. The molecule has 0 fully saturated rings. The van der Waals surface area contributed by atoms with E-state index in [0.717, 1.165) is 9.99 Å². The van der Waals surface area contributed by atoms with Crippen molar-refractivity contribution < 1.29 is 0 Å². The number of halogens is 1. The summed E-state index contributed by atoms with van der Waals surface area (Å²) >= 11 is 3.45. The Morgan fingerprint density at radius 2 is 2.07 bits per heavy atom. The highest BCUT2D eigenvalue weighted by Crippen LogP contribution is 2.23. The van der Waals surface area contributed by atoms with Crippen LogP contribution < -0.4 is 0 Å². The first-order chi connectivity index (χ1) is 6.59. The van der Waals surface area contributed by atoms with E-state index < -0.39 is 0 Å². The van der Waals surface area contributed by atoms with Gasteiger partial charge in [0.1, 0.15) is 0 Å². The normalized spacial score (nSPS) is 11.5. The lowest BCUT2D eigenvalue weighted by Gasteiger charge is -2.06. The molecule has 0 saturated heterocycles. The summed E-state index contributed by atoms with van der Waals surface area (Å²) in [5, 5.41) is 5.80. The Morgan fingerprint density at radius 3 is 2.71 bits per heavy atom. The maximum Gasteiger partial charge on any atom is 0.0937 e. The zero-order chi connectivity index (χ0) is 10.3. The Morgan fingerprint density at radius 1 is 1.36 bits per heavy atom. The number of hydrogen-bond donors (Lipinski definition) is 0. The van der Waals surface area contributed by atoms with Gasteiger partial charge in [0.15, 0.2) is 0 Å². The topological polar surface area (TPSA) is 17.8 Å². The zero-order valence-electron chi connectivity index (χ0n) is 8.58. The van der Waals surface area contributed by atoms with E-state index in [0.29, 0.717) is 6.04 Å². The van der Waals surface area contributed by atoms with Crippen LogP contribution in [0, 0.1) is 6.92 Å². The van der Waals surface area contributed by atoms with Gasteiger partial charge in [-0.05, 0) is 39.0 Å². The van der Waals surface area contributed by atoms with E-state index in [1.54, 1.807) is 0 Å². The van der Waals surface area contributed by atoms with Crippen molar-refractivity contribution >= 4 is 26.8 Å². The van der Waals surface area contributed by atoms with Crippen molar-refractivity contribution in [3.63, 3.8) is 0 Å². The molecule has 0 bridgehead atoms. The molecule has 0 N–H and O–H groups in total. The maximum absolute atomic E-state index is 4.56. The molecule has 0 aliphatic heterocycles. The van der Waals surface area contributed by atoms with Gasteiger partial charge in [0.2, 0.25) is 0 Å². The molecule has 2 aromatic rings. The molecule has 0 aliphatic carbocycles. The van der Waals surface area contributed by atoms with Crippen molar-refractivity contribution in [3.05, 3.63) is 28.4 Å². The van der Waals surface area contributed by atoms with Crippen molar-refractivity contribution in [2.45, 2.75) is 26.8 Å². The highest BCUT2D eigenvalue weighted by molar-refractivity contribution is 9.10. The highest BCUT2D eigenvalue weighted by Gasteiger charge is 2.09. The average Bonchev–Trinajstić information content (AvgIpc) is 2.43. The monoisotopic (exact) mass is 252 g/mol. The molecular formula is C11H13BrN2. The first-order valence-corrected chi connectivity index (χ1v) is 5.53. The summed E-state index contributed by atoms with van der Waals surface area (Å²) in [4.78, 5) is 0. The van der Waals surface area contributed by atoms with Crippen LogP contribution in [0.1, 0.15) is 25.6 Å². The molecule has 0 unspecified atom stereocenters. The molecule has 0 amide bonds. The van der Waals surface area contributed by atoms with E-state index in [2.05, 4.69) is 64.7 Å². The van der Waals surface area contributed by atoms with E-state index >= 15 is 0 Å². The average molecular weight is 253 g/mol. The summed E-state index contributed by atoms with van der Waals surface area (Å²) < 4.78 is 3.15. The third-order valence-electron chi connectivity index (χ3n) is 2.40. The van der Waals surface area contributed by atoms with Crippen molar-refractivity contribution in [2.75, 3.05) is 0 Å². The zero-order valence-corrected chi connectivity index (χ0v) is 10.2. The number of benzene rings is 1. The lowest BCUT2D eigenvalue weighted by molar-refractivity contribution is 0.524. The van der Waals surface area contributed by atoms with Gasteiger partial charge in [0, 0.05) is 21.6 Å². The van der Waals surface area contributed by atoms with E-state index in [4.69, 9.17) is 0 Å². The van der Waals surface area contributed by atoms with Crippen LogP contribution in [0.4, 0.5) is 0 Å². The largest absolute Gasteiger partial charge is 0.266 e. The van der Waals surface area contributed by atoms with Gasteiger partial charge < -0.3 is 0 Å². The van der Waals surface area contributed by atoms with Gasteiger partial charge in [-0.2, -0.15) is 5.10 Å². The second kappa shape index (κ2) is 3.39. The van der Waals surface area contributed by atoms with Crippen LogP contribution in [0.25, 0.3) is 10.9 Å². The maximum atomic E-state index is 4.56. The Balaban J connectivity index is 2.73. The summed E-state index contributed by atoms with van der Waals surface area (Å²) in [7, 11) is 0. The SMILES string of the molecule is Cc1c2ccc(Br)cc2nn1C(C)C. The second-order valence-corrected chi connectivity index (χ2v) is 4.70. The molecule has 0 saturated carbocycles. The fraction of sp³-hybridized carbons (Fsp3) is 0.364. The third kappa shape index (κ3) is 1.46. The molecule has 1 heterocycles. The minimum Gasteiger partial charge on any atom is -0.266 e. The molecule has 3 heteroatoms. The summed E-state index contributed by atoms with van der Waals surface area (Å²) in [6.45, 7) is 6.41. The molecule has 1 aromatic heterocycles. The number of hydrogen-bond acceptors (Lipinski definition) is 1. The highest BCUT2D eigenvalue weighted by atomic mass is 79.9. The summed E-state index contributed by atoms with van der Waals surface area (Å²) in [5.41, 5.74) is 2.30. The number of aromatic nitrogens is 2. The van der Waals surface area contributed by atoms with E-state index in [-0.39, 0.29) is 0 Å². The minimum atomic E-state index is 0.418. The van der Waals surface area contributed by atoms with Gasteiger partial charge in [0.05, 0.1) is 5.52 Å². The van der Waals surface area contributed by atoms with Crippen LogP contribution in [0.2, 0.25) is 0 Å². The van der Waals surface area contributed by atoms with Gasteiger partial charge in [0.25, 0.3) is 0 Å². The van der Waals surface area contributed by atoms with Crippen molar-refractivity contribution in [1.82, 2.24) is 9.78 Å². The molecule has 1 aromatic carbocycles. The molecule has 14 heavy (non-hydrogen) atoms. The lowest BCUT2D eigenvalue weighted by atomic mass is 10.2. The molecule has 0 spiro atoms. The van der Waals surface area contributed by atoms with Crippen molar-refractivity contribution in [1.29, 1.82) is 0 Å². The molecule has 74 valence electrons. The summed E-state index contributed by atoms with van der Waals surface area (Å²) in [6.07, 6.45) is 0. The molecule has 2 rings (SSSR count). The Bertz CT molecular complexity index is 471. The lowest BCUT2D eigenvalue weighted by Crippen LogP contribution is -2.04.